The molecule has 17 heavy (non-hydrogen) atoms. The highest BCUT2D eigenvalue weighted by Gasteiger charge is 2.14. The zero-order valence-electron chi connectivity index (χ0n) is 10.2. The van der Waals surface area contributed by atoms with E-state index in [2.05, 4.69) is 10.4 Å². The van der Waals surface area contributed by atoms with Crippen molar-refractivity contribution in [3.63, 3.8) is 0 Å². The minimum absolute atomic E-state index is 0.0754. The molecule has 5 nitrogen and oxygen atoms in total. The first-order valence-electron chi connectivity index (χ1n) is 6.10. The SMILES string of the molecule is COCC(=O)NCCn1ncc2c1CCCC2. The monoisotopic (exact) mass is 237 g/mol. The van der Waals surface area contributed by atoms with Crippen LogP contribution in [0.1, 0.15) is 24.1 Å². The summed E-state index contributed by atoms with van der Waals surface area (Å²) in [6.07, 6.45) is 6.73. The number of nitrogens with one attached hydrogen (secondary N) is 1. The fourth-order valence-corrected chi connectivity index (χ4v) is 2.23. The van der Waals surface area contributed by atoms with Crippen LogP contribution < -0.4 is 5.32 Å². The molecular weight excluding hydrogens is 218 g/mol. The van der Waals surface area contributed by atoms with Crippen LogP contribution >= 0.6 is 0 Å². The molecule has 0 atom stereocenters. The molecule has 94 valence electrons. The molecule has 1 aromatic heterocycles. The van der Waals surface area contributed by atoms with E-state index < -0.39 is 0 Å². The molecule has 0 bridgehead atoms. The number of carbonyl (C=O) groups is 1. The minimum Gasteiger partial charge on any atom is -0.375 e. The molecule has 1 heterocycles. The summed E-state index contributed by atoms with van der Waals surface area (Å²) in [5.74, 6) is -0.0754. The predicted octanol–water partition coefficient (Wildman–Crippen LogP) is 0.524. The number of amides is 1. The Balaban J connectivity index is 1.83. The van der Waals surface area contributed by atoms with Crippen molar-refractivity contribution in [2.75, 3.05) is 20.3 Å². The number of ether oxygens (including phenoxy) is 1. The Hall–Kier alpha value is -1.36. The molecule has 0 spiro atoms. The predicted molar refractivity (Wildman–Crippen MR) is 63.8 cm³/mol. The van der Waals surface area contributed by atoms with Gasteiger partial charge in [0, 0.05) is 19.3 Å². The number of aryl methyl sites for hydroxylation is 1. The lowest BCUT2D eigenvalue weighted by Crippen LogP contribution is -2.30. The van der Waals surface area contributed by atoms with Gasteiger partial charge in [0.15, 0.2) is 0 Å². The average Bonchev–Trinajstić information content (AvgIpc) is 2.73. The van der Waals surface area contributed by atoms with Crippen molar-refractivity contribution >= 4 is 5.91 Å². The number of aromatic nitrogens is 2. The highest BCUT2D eigenvalue weighted by molar-refractivity contribution is 5.77. The first-order chi connectivity index (χ1) is 8.31. The molecule has 2 rings (SSSR count). The van der Waals surface area contributed by atoms with E-state index in [0.29, 0.717) is 6.54 Å². The van der Waals surface area contributed by atoms with Crippen molar-refractivity contribution in [3.8, 4) is 0 Å². The van der Waals surface area contributed by atoms with E-state index in [1.165, 1.54) is 31.2 Å². The van der Waals surface area contributed by atoms with Gasteiger partial charge in [-0.15, -0.1) is 0 Å². The summed E-state index contributed by atoms with van der Waals surface area (Å²) < 4.78 is 6.76. The molecule has 1 aliphatic carbocycles. The number of carbonyl (C=O) groups excluding carboxylic acids is 1. The molecule has 0 saturated carbocycles. The summed E-state index contributed by atoms with van der Waals surface area (Å²) >= 11 is 0. The van der Waals surface area contributed by atoms with Gasteiger partial charge in [-0.1, -0.05) is 0 Å². The van der Waals surface area contributed by atoms with Crippen molar-refractivity contribution in [2.45, 2.75) is 32.2 Å². The van der Waals surface area contributed by atoms with Crippen molar-refractivity contribution in [3.05, 3.63) is 17.5 Å². The van der Waals surface area contributed by atoms with Crippen molar-refractivity contribution in [2.24, 2.45) is 0 Å². The molecule has 1 aliphatic rings. The van der Waals surface area contributed by atoms with E-state index in [0.717, 1.165) is 19.4 Å². The first-order valence-corrected chi connectivity index (χ1v) is 6.10. The zero-order chi connectivity index (χ0) is 12.1. The van der Waals surface area contributed by atoms with Gasteiger partial charge in [-0.05, 0) is 31.2 Å². The van der Waals surface area contributed by atoms with Crippen LogP contribution in [0.3, 0.4) is 0 Å². The molecule has 0 radical (unpaired) electrons. The number of hydrogen-bond acceptors (Lipinski definition) is 3. The van der Waals surface area contributed by atoms with Crippen LogP contribution in [0, 0.1) is 0 Å². The van der Waals surface area contributed by atoms with Gasteiger partial charge < -0.3 is 10.1 Å². The van der Waals surface area contributed by atoms with Crippen LogP contribution in [-0.4, -0.2) is 35.9 Å². The molecule has 1 N–H and O–H groups in total. The fourth-order valence-electron chi connectivity index (χ4n) is 2.23. The maximum atomic E-state index is 11.2. The Morgan fingerprint density at radius 3 is 3.18 bits per heavy atom. The molecule has 0 saturated heterocycles. The van der Waals surface area contributed by atoms with Gasteiger partial charge in [0.2, 0.25) is 5.91 Å². The normalized spacial score (nSPS) is 14.4. The summed E-state index contributed by atoms with van der Waals surface area (Å²) in [5.41, 5.74) is 2.72. The second kappa shape index (κ2) is 5.82. The Labute approximate surface area is 101 Å². The average molecular weight is 237 g/mol. The van der Waals surface area contributed by atoms with Gasteiger partial charge in [-0.3, -0.25) is 9.48 Å². The smallest absolute Gasteiger partial charge is 0.246 e. The zero-order valence-corrected chi connectivity index (χ0v) is 10.2. The second-order valence-corrected chi connectivity index (χ2v) is 4.33. The Morgan fingerprint density at radius 1 is 1.53 bits per heavy atom. The van der Waals surface area contributed by atoms with E-state index in [1.54, 1.807) is 0 Å². The molecule has 0 aromatic carbocycles. The van der Waals surface area contributed by atoms with Crippen LogP contribution in [0.15, 0.2) is 6.20 Å². The van der Waals surface area contributed by atoms with E-state index in [4.69, 9.17) is 4.74 Å². The summed E-state index contributed by atoms with van der Waals surface area (Å²) in [6, 6.07) is 0. The fraction of sp³-hybridized carbons (Fsp3) is 0.667. The largest absolute Gasteiger partial charge is 0.375 e. The highest BCUT2D eigenvalue weighted by Crippen LogP contribution is 2.20. The third kappa shape index (κ3) is 3.06. The Bertz CT molecular complexity index is 387. The quantitative estimate of drug-likeness (QED) is 0.812. The van der Waals surface area contributed by atoms with Crippen LogP contribution in [0.5, 0.6) is 0 Å². The lowest BCUT2D eigenvalue weighted by atomic mass is 9.98. The van der Waals surface area contributed by atoms with Crippen LogP contribution in [0.25, 0.3) is 0 Å². The number of nitrogens with zero attached hydrogens (tertiary/aromatic N) is 2. The first kappa shape index (κ1) is 12.1. The summed E-state index contributed by atoms with van der Waals surface area (Å²) in [6.45, 7) is 1.47. The van der Waals surface area contributed by atoms with Crippen LogP contribution in [0.2, 0.25) is 0 Å². The van der Waals surface area contributed by atoms with Gasteiger partial charge in [0.25, 0.3) is 0 Å². The van der Waals surface area contributed by atoms with E-state index >= 15 is 0 Å². The lowest BCUT2D eigenvalue weighted by Gasteiger charge is -2.14. The van der Waals surface area contributed by atoms with Gasteiger partial charge in [0.1, 0.15) is 6.61 Å². The third-order valence-corrected chi connectivity index (χ3v) is 3.07. The Morgan fingerprint density at radius 2 is 2.35 bits per heavy atom. The number of fused-ring (bicyclic) bond motifs is 1. The maximum Gasteiger partial charge on any atom is 0.246 e. The number of hydrogen-bond donors (Lipinski definition) is 1. The third-order valence-electron chi connectivity index (χ3n) is 3.07. The summed E-state index contributed by atoms with van der Waals surface area (Å²) in [5, 5.41) is 7.18. The molecular formula is C12H19N3O2. The maximum absolute atomic E-state index is 11.2. The molecule has 0 aliphatic heterocycles. The molecule has 5 heteroatoms. The topological polar surface area (TPSA) is 56.1 Å². The lowest BCUT2D eigenvalue weighted by molar-refractivity contribution is -0.124. The van der Waals surface area contributed by atoms with Crippen molar-refractivity contribution in [1.82, 2.24) is 15.1 Å². The molecule has 1 aromatic rings. The van der Waals surface area contributed by atoms with Crippen molar-refractivity contribution in [1.29, 1.82) is 0 Å². The molecule has 1 amide bonds. The van der Waals surface area contributed by atoms with Gasteiger partial charge >= 0.3 is 0 Å². The van der Waals surface area contributed by atoms with Gasteiger partial charge in [0.05, 0.1) is 12.7 Å². The summed E-state index contributed by atoms with van der Waals surface area (Å²) in [7, 11) is 1.52. The van der Waals surface area contributed by atoms with E-state index in [1.807, 2.05) is 10.9 Å². The van der Waals surface area contributed by atoms with Crippen LogP contribution in [0.4, 0.5) is 0 Å². The summed E-state index contributed by atoms with van der Waals surface area (Å²) in [4.78, 5) is 11.2. The second-order valence-electron chi connectivity index (χ2n) is 4.33. The van der Waals surface area contributed by atoms with E-state index in [-0.39, 0.29) is 12.5 Å². The number of rotatable bonds is 5. The molecule has 0 unspecified atom stereocenters. The molecule has 0 fully saturated rings. The van der Waals surface area contributed by atoms with Crippen LogP contribution in [-0.2, 0) is 28.9 Å². The standard InChI is InChI=1S/C12H19N3O2/c1-17-9-12(16)13-6-7-15-11-5-3-2-4-10(11)8-14-15/h8H,2-7,9H2,1H3,(H,13,16). The van der Waals surface area contributed by atoms with E-state index in [9.17, 15) is 4.79 Å². The Kier molecular flexibility index (Phi) is 4.14. The minimum atomic E-state index is -0.0754. The van der Waals surface area contributed by atoms with Gasteiger partial charge in [-0.2, -0.15) is 5.10 Å². The highest BCUT2D eigenvalue weighted by atomic mass is 16.5. The number of methoxy groups -OCH3 is 1. The van der Waals surface area contributed by atoms with Crippen molar-refractivity contribution < 1.29 is 9.53 Å². The van der Waals surface area contributed by atoms with Gasteiger partial charge in [-0.25, -0.2) is 0 Å².